The second-order valence-electron chi connectivity index (χ2n) is 5.12. The van der Waals surface area contributed by atoms with E-state index in [1.54, 1.807) is 12.1 Å². The van der Waals surface area contributed by atoms with Gasteiger partial charge in [0.1, 0.15) is 5.82 Å². The van der Waals surface area contributed by atoms with Crippen LogP contribution in [0.2, 0.25) is 0 Å². The summed E-state index contributed by atoms with van der Waals surface area (Å²) < 4.78 is 14.1. The minimum absolute atomic E-state index is 0.0970. The van der Waals surface area contributed by atoms with Crippen LogP contribution in [0.1, 0.15) is 38.2 Å². The van der Waals surface area contributed by atoms with Gasteiger partial charge in [-0.15, -0.1) is 0 Å². The number of hydrogen-bond acceptors (Lipinski definition) is 2. The van der Waals surface area contributed by atoms with Gasteiger partial charge in [0.15, 0.2) is 0 Å². The van der Waals surface area contributed by atoms with Crippen LogP contribution in [0.4, 0.5) is 10.1 Å². The van der Waals surface area contributed by atoms with E-state index in [0.29, 0.717) is 6.04 Å². The summed E-state index contributed by atoms with van der Waals surface area (Å²) in [5, 5.41) is 3.36. The molecule has 3 heteroatoms. The predicted molar refractivity (Wildman–Crippen MR) is 74.4 cm³/mol. The van der Waals surface area contributed by atoms with E-state index in [0.717, 1.165) is 30.8 Å². The highest BCUT2D eigenvalue weighted by Gasteiger charge is 2.25. The van der Waals surface area contributed by atoms with Gasteiger partial charge in [-0.05, 0) is 43.9 Å². The Kier molecular flexibility index (Phi) is 4.59. The molecule has 1 saturated carbocycles. The second-order valence-corrected chi connectivity index (χ2v) is 5.12. The summed E-state index contributed by atoms with van der Waals surface area (Å²) in [5.74, 6) is -0.0970. The monoisotopic (exact) mass is 250 g/mol. The molecule has 0 aliphatic heterocycles. The number of benzene rings is 1. The highest BCUT2D eigenvalue weighted by Crippen LogP contribution is 2.32. The number of halogens is 1. The molecule has 0 spiro atoms. The summed E-state index contributed by atoms with van der Waals surface area (Å²) in [6.07, 6.45) is 4.75. The van der Waals surface area contributed by atoms with Crippen molar-refractivity contribution < 1.29 is 4.39 Å². The molecule has 1 aliphatic carbocycles. The van der Waals surface area contributed by atoms with E-state index >= 15 is 0 Å². The SMILES string of the molecule is CCCNCc1cccc(F)c1N(C)C1CCC1. The predicted octanol–water partition coefficient (Wildman–Crippen LogP) is 3.31. The van der Waals surface area contributed by atoms with Gasteiger partial charge in [-0.1, -0.05) is 19.1 Å². The second kappa shape index (κ2) is 6.19. The van der Waals surface area contributed by atoms with Gasteiger partial charge in [0.25, 0.3) is 0 Å². The van der Waals surface area contributed by atoms with E-state index < -0.39 is 0 Å². The first-order valence-corrected chi connectivity index (χ1v) is 6.95. The van der Waals surface area contributed by atoms with Gasteiger partial charge in [0, 0.05) is 19.6 Å². The fourth-order valence-corrected chi connectivity index (χ4v) is 2.45. The molecule has 100 valence electrons. The Hall–Kier alpha value is -1.09. The van der Waals surface area contributed by atoms with Gasteiger partial charge >= 0.3 is 0 Å². The number of nitrogens with one attached hydrogen (secondary N) is 1. The van der Waals surface area contributed by atoms with Crippen LogP contribution in [-0.2, 0) is 6.54 Å². The molecule has 1 aromatic carbocycles. The molecular weight excluding hydrogens is 227 g/mol. The Morgan fingerprint density at radius 3 is 2.78 bits per heavy atom. The number of nitrogens with zero attached hydrogens (tertiary/aromatic N) is 1. The van der Waals surface area contributed by atoms with Crippen LogP contribution in [0.3, 0.4) is 0 Å². The minimum atomic E-state index is -0.0970. The molecule has 0 bridgehead atoms. The molecule has 18 heavy (non-hydrogen) atoms. The van der Waals surface area contributed by atoms with Gasteiger partial charge in [-0.3, -0.25) is 0 Å². The van der Waals surface area contributed by atoms with Crippen molar-refractivity contribution in [3.05, 3.63) is 29.6 Å². The van der Waals surface area contributed by atoms with Crippen LogP contribution < -0.4 is 10.2 Å². The molecule has 1 N–H and O–H groups in total. The highest BCUT2D eigenvalue weighted by atomic mass is 19.1. The Morgan fingerprint density at radius 1 is 1.39 bits per heavy atom. The van der Waals surface area contributed by atoms with Crippen LogP contribution in [0, 0.1) is 5.82 Å². The molecule has 2 rings (SSSR count). The zero-order chi connectivity index (χ0) is 13.0. The van der Waals surface area contributed by atoms with E-state index in [1.807, 2.05) is 13.1 Å². The molecule has 0 heterocycles. The summed E-state index contributed by atoms with van der Waals surface area (Å²) in [4.78, 5) is 2.13. The molecule has 0 aromatic heterocycles. The van der Waals surface area contributed by atoms with Crippen molar-refractivity contribution in [2.75, 3.05) is 18.5 Å². The van der Waals surface area contributed by atoms with Crippen LogP contribution in [0.5, 0.6) is 0 Å². The molecule has 2 nitrogen and oxygen atoms in total. The lowest BCUT2D eigenvalue weighted by Crippen LogP contribution is -2.38. The van der Waals surface area contributed by atoms with Crippen molar-refractivity contribution >= 4 is 5.69 Å². The Labute approximate surface area is 109 Å². The summed E-state index contributed by atoms with van der Waals surface area (Å²) >= 11 is 0. The lowest BCUT2D eigenvalue weighted by molar-refractivity contribution is 0.397. The highest BCUT2D eigenvalue weighted by molar-refractivity contribution is 5.55. The van der Waals surface area contributed by atoms with Gasteiger partial charge in [-0.25, -0.2) is 4.39 Å². The van der Waals surface area contributed by atoms with Crippen LogP contribution in [0.15, 0.2) is 18.2 Å². The van der Waals surface area contributed by atoms with E-state index in [9.17, 15) is 4.39 Å². The fourth-order valence-electron chi connectivity index (χ4n) is 2.45. The zero-order valence-corrected chi connectivity index (χ0v) is 11.4. The molecule has 0 atom stereocenters. The van der Waals surface area contributed by atoms with Gasteiger partial charge in [0.05, 0.1) is 5.69 Å². The normalized spacial score (nSPS) is 15.5. The first kappa shape index (κ1) is 13.3. The van der Waals surface area contributed by atoms with Crippen LogP contribution in [-0.4, -0.2) is 19.6 Å². The van der Waals surface area contributed by atoms with E-state index in [-0.39, 0.29) is 5.82 Å². The molecule has 0 radical (unpaired) electrons. The summed E-state index contributed by atoms with van der Waals surface area (Å²) in [6.45, 7) is 3.86. The van der Waals surface area contributed by atoms with E-state index in [1.165, 1.54) is 19.3 Å². The van der Waals surface area contributed by atoms with E-state index in [4.69, 9.17) is 0 Å². The maximum Gasteiger partial charge on any atom is 0.146 e. The largest absolute Gasteiger partial charge is 0.369 e. The molecule has 1 fully saturated rings. The smallest absolute Gasteiger partial charge is 0.146 e. The van der Waals surface area contributed by atoms with Crippen molar-refractivity contribution in [2.24, 2.45) is 0 Å². The number of anilines is 1. The summed E-state index contributed by atoms with van der Waals surface area (Å²) in [6, 6.07) is 5.91. The van der Waals surface area contributed by atoms with Crippen LogP contribution >= 0.6 is 0 Å². The molecule has 0 amide bonds. The third kappa shape index (κ3) is 2.83. The third-order valence-electron chi connectivity index (χ3n) is 3.79. The zero-order valence-electron chi connectivity index (χ0n) is 11.4. The first-order valence-electron chi connectivity index (χ1n) is 6.95. The Bertz CT molecular complexity index is 388. The average Bonchev–Trinajstić information content (AvgIpc) is 2.27. The molecule has 0 unspecified atom stereocenters. The quantitative estimate of drug-likeness (QED) is 0.779. The molecular formula is C15H23FN2. The molecule has 1 aliphatic rings. The van der Waals surface area contributed by atoms with Gasteiger partial charge < -0.3 is 10.2 Å². The number of hydrogen-bond donors (Lipinski definition) is 1. The topological polar surface area (TPSA) is 15.3 Å². The van der Waals surface area contributed by atoms with E-state index in [2.05, 4.69) is 17.1 Å². The standard InChI is InChI=1S/C15H23FN2/c1-3-10-17-11-12-6-4-9-14(16)15(12)18(2)13-7-5-8-13/h4,6,9,13,17H,3,5,7-8,10-11H2,1-2H3. The summed E-state index contributed by atoms with van der Waals surface area (Å²) in [5.41, 5.74) is 1.85. The van der Waals surface area contributed by atoms with Crippen molar-refractivity contribution in [3.8, 4) is 0 Å². The Morgan fingerprint density at radius 2 is 2.17 bits per heavy atom. The van der Waals surface area contributed by atoms with Gasteiger partial charge in [-0.2, -0.15) is 0 Å². The Balaban J connectivity index is 2.14. The first-order chi connectivity index (χ1) is 8.74. The lowest BCUT2D eigenvalue weighted by Gasteiger charge is -2.37. The molecule has 1 aromatic rings. The maximum absolute atomic E-state index is 14.1. The third-order valence-corrected chi connectivity index (χ3v) is 3.79. The average molecular weight is 250 g/mol. The fraction of sp³-hybridized carbons (Fsp3) is 0.600. The summed E-state index contributed by atoms with van der Waals surface area (Å²) in [7, 11) is 2.02. The lowest BCUT2D eigenvalue weighted by atomic mass is 9.91. The van der Waals surface area contributed by atoms with Crippen molar-refractivity contribution in [1.82, 2.24) is 5.32 Å². The van der Waals surface area contributed by atoms with Crippen LogP contribution in [0.25, 0.3) is 0 Å². The maximum atomic E-state index is 14.1. The van der Waals surface area contributed by atoms with Crippen molar-refractivity contribution in [3.63, 3.8) is 0 Å². The van der Waals surface area contributed by atoms with Gasteiger partial charge in [0.2, 0.25) is 0 Å². The molecule has 0 saturated heterocycles. The van der Waals surface area contributed by atoms with Crippen molar-refractivity contribution in [2.45, 2.75) is 45.2 Å². The van der Waals surface area contributed by atoms with Crippen molar-refractivity contribution in [1.29, 1.82) is 0 Å². The number of rotatable bonds is 6. The minimum Gasteiger partial charge on any atom is -0.369 e. The number of para-hydroxylation sites is 1.